The highest BCUT2D eigenvalue weighted by atomic mass is 35.5. The molecule has 9 heteroatoms. The first-order valence-corrected chi connectivity index (χ1v) is 8.64. The molecule has 1 aromatic heterocycles. The van der Waals surface area contributed by atoms with Crippen molar-refractivity contribution in [2.45, 2.75) is 25.7 Å². The van der Waals surface area contributed by atoms with Crippen LogP contribution in [0.2, 0.25) is 5.02 Å². The first-order chi connectivity index (χ1) is 10.7. The maximum atomic E-state index is 12.2. The molecule has 1 heterocycles. The topological polar surface area (TPSA) is 104 Å². The van der Waals surface area contributed by atoms with E-state index >= 15 is 0 Å². The molecule has 0 atom stereocenters. The second-order valence-corrected chi connectivity index (χ2v) is 7.24. The Morgan fingerprint density at radius 3 is 2.61 bits per heavy atom. The number of aryl methyl sites for hydroxylation is 3. The number of hydrogen-bond acceptors (Lipinski definition) is 4. The minimum Gasteiger partial charge on any atom is -0.325 e. The Morgan fingerprint density at radius 2 is 2.00 bits per heavy atom. The lowest BCUT2D eigenvalue weighted by atomic mass is 10.2. The van der Waals surface area contributed by atoms with Gasteiger partial charge in [0.15, 0.2) is 0 Å². The number of sulfonamides is 1. The average Bonchev–Trinajstić information content (AvgIpc) is 2.81. The number of anilines is 1. The minimum atomic E-state index is -3.81. The lowest BCUT2D eigenvalue weighted by Crippen LogP contribution is -2.33. The largest absolute Gasteiger partial charge is 0.325 e. The van der Waals surface area contributed by atoms with E-state index in [2.05, 4.69) is 20.2 Å². The molecule has 0 aliphatic carbocycles. The smallest absolute Gasteiger partial charge is 0.244 e. The van der Waals surface area contributed by atoms with Crippen LogP contribution in [0.15, 0.2) is 23.1 Å². The van der Waals surface area contributed by atoms with Crippen LogP contribution in [0.5, 0.6) is 0 Å². The minimum absolute atomic E-state index is 0.0595. The molecule has 2 rings (SSSR count). The molecule has 0 aliphatic heterocycles. The Balaban J connectivity index is 2.06. The van der Waals surface area contributed by atoms with E-state index in [9.17, 15) is 13.2 Å². The fourth-order valence-corrected chi connectivity index (χ4v) is 3.61. The van der Waals surface area contributed by atoms with Gasteiger partial charge >= 0.3 is 0 Å². The van der Waals surface area contributed by atoms with Crippen LogP contribution in [0.4, 0.5) is 5.69 Å². The second-order valence-electron chi connectivity index (χ2n) is 5.10. The third-order valence-electron chi connectivity index (χ3n) is 3.23. The maximum absolute atomic E-state index is 12.2. The molecular weight excluding hydrogens is 340 g/mol. The summed E-state index contributed by atoms with van der Waals surface area (Å²) >= 11 is 5.88. The Hall–Kier alpha value is -1.90. The number of benzene rings is 1. The summed E-state index contributed by atoms with van der Waals surface area (Å²) in [6.45, 7) is 4.60. The summed E-state index contributed by atoms with van der Waals surface area (Å²) in [5.41, 5.74) is 2.13. The van der Waals surface area contributed by atoms with Crippen LogP contribution in [-0.2, 0) is 14.8 Å². The summed E-state index contributed by atoms with van der Waals surface area (Å²) in [7, 11) is -3.81. The van der Waals surface area contributed by atoms with Crippen LogP contribution in [0.1, 0.15) is 17.0 Å². The van der Waals surface area contributed by atoms with Crippen molar-refractivity contribution in [1.82, 2.24) is 14.9 Å². The molecule has 124 valence electrons. The number of nitrogens with one attached hydrogen (secondary N) is 3. The number of hydrogen-bond donors (Lipinski definition) is 3. The van der Waals surface area contributed by atoms with Crippen molar-refractivity contribution >= 4 is 33.2 Å². The first-order valence-electron chi connectivity index (χ1n) is 6.78. The fraction of sp³-hybridized carbons (Fsp3) is 0.286. The Labute approximate surface area is 139 Å². The summed E-state index contributed by atoms with van der Waals surface area (Å²) in [5.74, 6) is -0.488. The summed E-state index contributed by atoms with van der Waals surface area (Å²) in [5, 5.41) is 9.55. The predicted octanol–water partition coefficient (Wildman–Crippen LogP) is 1.91. The van der Waals surface area contributed by atoms with Crippen LogP contribution < -0.4 is 10.0 Å². The Morgan fingerprint density at radius 1 is 1.30 bits per heavy atom. The van der Waals surface area contributed by atoms with Crippen molar-refractivity contribution in [1.29, 1.82) is 0 Å². The number of aromatic nitrogens is 2. The van der Waals surface area contributed by atoms with Gasteiger partial charge in [-0.25, -0.2) is 13.1 Å². The van der Waals surface area contributed by atoms with Crippen molar-refractivity contribution in [2.75, 3.05) is 11.9 Å². The molecule has 2 aromatic rings. The average molecular weight is 357 g/mol. The van der Waals surface area contributed by atoms with Gasteiger partial charge in [0.1, 0.15) is 4.90 Å². The van der Waals surface area contributed by atoms with E-state index in [0.29, 0.717) is 22.1 Å². The fourth-order valence-electron chi connectivity index (χ4n) is 2.09. The number of aromatic amines is 1. The van der Waals surface area contributed by atoms with Gasteiger partial charge in [-0.15, -0.1) is 0 Å². The molecule has 0 unspecified atom stereocenters. The number of carbonyl (C=O) groups excluding carboxylic acids is 1. The van der Waals surface area contributed by atoms with Crippen LogP contribution in [0.3, 0.4) is 0 Å². The van der Waals surface area contributed by atoms with Gasteiger partial charge in [0.2, 0.25) is 15.9 Å². The number of nitrogens with zero attached hydrogens (tertiary/aromatic N) is 1. The molecule has 7 nitrogen and oxygen atoms in total. The van der Waals surface area contributed by atoms with Gasteiger partial charge in [-0.3, -0.25) is 9.89 Å². The zero-order chi connectivity index (χ0) is 17.2. The molecule has 0 aliphatic rings. The lowest BCUT2D eigenvalue weighted by Gasteiger charge is -2.10. The van der Waals surface area contributed by atoms with Crippen molar-refractivity contribution < 1.29 is 13.2 Å². The van der Waals surface area contributed by atoms with Crippen LogP contribution in [-0.4, -0.2) is 31.1 Å². The van der Waals surface area contributed by atoms with E-state index in [-0.39, 0.29) is 4.90 Å². The van der Waals surface area contributed by atoms with Crippen molar-refractivity contribution in [3.8, 4) is 0 Å². The highest BCUT2D eigenvalue weighted by molar-refractivity contribution is 7.89. The van der Waals surface area contributed by atoms with Gasteiger partial charge in [-0.1, -0.05) is 17.7 Å². The normalized spacial score (nSPS) is 11.5. The number of rotatable bonds is 5. The molecule has 0 spiro atoms. The Bertz CT molecular complexity index is 826. The molecule has 1 amide bonds. The van der Waals surface area contributed by atoms with Gasteiger partial charge in [0.05, 0.1) is 17.9 Å². The van der Waals surface area contributed by atoms with Crippen LogP contribution >= 0.6 is 11.6 Å². The molecule has 1 aromatic carbocycles. The third kappa shape index (κ3) is 4.10. The van der Waals surface area contributed by atoms with Crippen molar-refractivity contribution in [2.24, 2.45) is 0 Å². The van der Waals surface area contributed by atoms with Crippen LogP contribution in [0.25, 0.3) is 0 Å². The molecule has 23 heavy (non-hydrogen) atoms. The number of amides is 1. The second kappa shape index (κ2) is 6.69. The number of halogens is 1. The van der Waals surface area contributed by atoms with E-state index in [1.54, 1.807) is 32.0 Å². The van der Waals surface area contributed by atoms with Gasteiger partial charge in [-0.2, -0.15) is 5.10 Å². The molecule has 0 bridgehead atoms. The summed E-state index contributed by atoms with van der Waals surface area (Å²) in [6, 6.07) is 5.08. The van der Waals surface area contributed by atoms with E-state index < -0.39 is 22.5 Å². The number of H-pyrrole nitrogens is 1. The van der Waals surface area contributed by atoms with Gasteiger partial charge < -0.3 is 5.32 Å². The maximum Gasteiger partial charge on any atom is 0.244 e. The SMILES string of the molecule is Cc1ccc(Cl)cc1NC(=O)CNS(=O)(=O)c1c(C)n[nH]c1C. The lowest BCUT2D eigenvalue weighted by molar-refractivity contribution is -0.115. The predicted molar refractivity (Wildman–Crippen MR) is 88.1 cm³/mol. The van der Waals surface area contributed by atoms with E-state index in [1.165, 1.54) is 0 Å². The van der Waals surface area contributed by atoms with Crippen molar-refractivity contribution in [3.63, 3.8) is 0 Å². The summed E-state index contributed by atoms with van der Waals surface area (Å²) in [4.78, 5) is 12.0. The van der Waals surface area contributed by atoms with E-state index in [4.69, 9.17) is 11.6 Å². The molecule has 3 N–H and O–H groups in total. The van der Waals surface area contributed by atoms with Gasteiger partial charge in [-0.05, 0) is 38.5 Å². The van der Waals surface area contributed by atoms with Crippen LogP contribution in [0, 0.1) is 20.8 Å². The standard InChI is InChI=1S/C14H17ClN4O3S/c1-8-4-5-11(15)6-12(8)17-13(20)7-16-23(21,22)14-9(2)18-19-10(14)3/h4-6,16H,7H2,1-3H3,(H,17,20)(H,18,19). The summed E-state index contributed by atoms with van der Waals surface area (Å²) < 4.78 is 26.7. The highest BCUT2D eigenvalue weighted by Gasteiger charge is 2.22. The zero-order valence-electron chi connectivity index (χ0n) is 12.9. The van der Waals surface area contributed by atoms with E-state index in [0.717, 1.165) is 5.56 Å². The Kier molecular flexibility index (Phi) is 5.08. The highest BCUT2D eigenvalue weighted by Crippen LogP contribution is 2.20. The van der Waals surface area contributed by atoms with Gasteiger partial charge in [0, 0.05) is 10.7 Å². The first kappa shape index (κ1) is 17.5. The quantitative estimate of drug-likeness (QED) is 0.761. The molecule has 0 saturated heterocycles. The van der Waals surface area contributed by atoms with E-state index in [1.807, 2.05) is 6.92 Å². The monoisotopic (exact) mass is 356 g/mol. The summed E-state index contributed by atoms with van der Waals surface area (Å²) in [6.07, 6.45) is 0. The third-order valence-corrected chi connectivity index (χ3v) is 5.12. The molecule has 0 radical (unpaired) electrons. The zero-order valence-corrected chi connectivity index (χ0v) is 14.5. The molecular formula is C14H17ClN4O3S. The number of carbonyl (C=O) groups is 1. The molecule has 0 saturated carbocycles. The molecule has 0 fully saturated rings. The van der Waals surface area contributed by atoms with Crippen molar-refractivity contribution in [3.05, 3.63) is 40.2 Å². The van der Waals surface area contributed by atoms with Gasteiger partial charge in [0.25, 0.3) is 0 Å².